The zero-order chi connectivity index (χ0) is 28.9. The second-order valence-electron chi connectivity index (χ2n) is 10.7. The molecule has 0 aliphatic rings. The highest BCUT2D eigenvalue weighted by atomic mass is 32.2. The van der Waals surface area contributed by atoms with Crippen molar-refractivity contribution in [3.63, 3.8) is 0 Å². The standard InChI is InChI=1S/C32H47N5O2S/c1-6-7-8-9-11-22-37(32(38)39)23-12-10-13-24-40-31-33-29(25-14-18-27(19-15-25)35(2)3)30(34-31)26-16-20-28(21-17-26)36(4)5/h14-21H,6-13,22-24H2,1-5H3,(H,33,34)(H,38,39). The van der Waals surface area contributed by atoms with Gasteiger partial charge in [0.1, 0.15) is 0 Å². The highest BCUT2D eigenvalue weighted by Gasteiger charge is 2.16. The fourth-order valence-corrected chi connectivity index (χ4v) is 5.51. The summed E-state index contributed by atoms with van der Waals surface area (Å²) in [4.78, 5) is 26.0. The smallest absolute Gasteiger partial charge is 0.407 e. The Bertz CT molecular complexity index is 1090. The molecule has 2 N–H and O–H groups in total. The summed E-state index contributed by atoms with van der Waals surface area (Å²) in [6.07, 6.45) is 7.83. The fourth-order valence-electron chi connectivity index (χ4n) is 4.64. The van der Waals surface area contributed by atoms with Crippen molar-refractivity contribution in [2.45, 2.75) is 63.4 Å². The molecule has 3 rings (SSSR count). The van der Waals surface area contributed by atoms with Crippen LogP contribution in [0.15, 0.2) is 53.7 Å². The number of hydrogen-bond donors (Lipinski definition) is 2. The molecule has 1 heterocycles. The number of thioether (sulfide) groups is 1. The molecular weight excluding hydrogens is 518 g/mol. The summed E-state index contributed by atoms with van der Waals surface area (Å²) in [5, 5.41) is 10.4. The van der Waals surface area contributed by atoms with Crippen LogP contribution in [0.25, 0.3) is 22.5 Å². The average molecular weight is 566 g/mol. The van der Waals surface area contributed by atoms with Gasteiger partial charge in [0, 0.05) is 69.5 Å². The molecule has 3 aromatic rings. The second-order valence-corrected chi connectivity index (χ2v) is 11.8. The lowest BCUT2D eigenvalue weighted by atomic mass is 10.0. The van der Waals surface area contributed by atoms with E-state index in [2.05, 4.69) is 70.2 Å². The second kappa shape index (κ2) is 16.2. The van der Waals surface area contributed by atoms with Gasteiger partial charge >= 0.3 is 6.09 Å². The minimum Gasteiger partial charge on any atom is -0.465 e. The Balaban J connectivity index is 1.59. The summed E-state index contributed by atoms with van der Waals surface area (Å²) >= 11 is 1.73. The number of aromatic amines is 1. The first-order valence-electron chi connectivity index (χ1n) is 14.6. The van der Waals surface area contributed by atoms with Crippen LogP contribution in [-0.2, 0) is 0 Å². The number of benzene rings is 2. The van der Waals surface area contributed by atoms with Gasteiger partial charge in [0.25, 0.3) is 0 Å². The molecule has 0 bridgehead atoms. The van der Waals surface area contributed by atoms with E-state index in [1.54, 1.807) is 16.7 Å². The summed E-state index contributed by atoms with van der Waals surface area (Å²) in [5.74, 6) is 0.940. The third-order valence-electron chi connectivity index (χ3n) is 7.12. The Morgan fingerprint density at radius 2 is 1.30 bits per heavy atom. The lowest BCUT2D eigenvalue weighted by Gasteiger charge is -2.19. The zero-order valence-electron chi connectivity index (χ0n) is 24.9. The Morgan fingerprint density at radius 3 is 1.82 bits per heavy atom. The highest BCUT2D eigenvalue weighted by molar-refractivity contribution is 7.99. The van der Waals surface area contributed by atoms with Crippen LogP contribution in [0, 0.1) is 0 Å². The van der Waals surface area contributed by atoms with Gasteiger partial charge in [0.05, 0.1) is 11.4 Å². The molecule has 0 aliphatic carbocycles. The van der Waals surface area contributed by atoms with Crippen LogP contribution in [-0.4, -0.2) is 73.1 Å². The van der Waals surface area contributed by atoms with Crippen LogP contribution < -0.4 is 9.80 Å². The third-order valence-corrected chi connectivity index (χ3v) is 8.08. The number of nitrogens with zero attached hydrogens (tertiary/aromatic N) is 4. The number of rotatable bonds is 17. The first kappa shape index (κ1) is 31.4. The third kappa shape index (κ3) is 9.51. The van der Waals surface area contributed by atoms with E-state index < -0.39 is 6.09 Å². The lowest BCUT2D eigenvalue weighted by molar-refractivity contribution is 0.143. The maximum absolute atomic E-state index is 11.6. The predicted octanol–water partition coefficient (Wildman–Crippen LogP) is 8.09. The van der Waals surface area contributed by atoms with Crippen molar-refractivity contribution >= 4 is 29.2 Å². The largest absolute Gasteiger partial charge is 0.465 e. The van der Waals surface area contributed by atoms with E-state index in [4.69, 9.17) is 4.98 Å². The van der Waals surface area contributed by atoms with E-state index >= 15 is 0 Å². The summed E-state index contributed by atoms with van der Waals surface area (Å²) in [6, 6.07) is 17.1. The van der Waals surface area contributed by atoms with E-state index in [0.717, 1.165) is 76.9 Å². The van der Waals surface area contributed by atoms with Crippen molar-refractivity contribution in [1.82, 2.24) is 14.9 Å². The Hall–Kier alpha value is -3.13. The molecule has 2 aromatic carbocycles. The molecule has 0 fully saturated rings. The van der Waals surface area contributed by atoms with Crippen molar-refractivity contribution in [2.24, 2.45) is 0 Å². The van der Waals surface area contributed by atoms with E-state index in [0.29, 0.717) is 13.1 Å². The molecule has 8 heteroatoms. The molecule has 7 nitrogen and oxygen atoms in total. The maximum Gasteiger partial charge on any atom is 0.407 e. The van der Waals surface area contributed by atoms with Crippen molar-refractivity contribution < 1.29 is 9.90 Å². The van der Waals surface area contributed by atoms with Crippen molar-refractivity contribution in [1.29, 1.82) is 0 Å². The Kier molecular flexibility index (Phi) is 12.7. The van der Waals surface area contributed by atoms with E-state index in [-0.39, 0.29) is 0 Å². The number of hydrogen-bond acceptors (Lipinski definition) is 5. The number of amides is 1. The molecule has 0 saturated carbocycles. The van der Waals surface area contributed by atoms with Gasteiger partial charge in [-0.1, -0.05) is 75.1 Å². The van der Waals surface area contributed by atoms with Crippen LogP contribution in [0.4, 0.5) is 16.2 Å². The van der Waals surface area contributed by atoms with Gasteiger partial charge in [0.2, 0.25) is 0 Å². The number of carboxylic acid groups (broad SMARTS) is 1. The number of imidazole rings is 1. The summed E-state index contributed by atoms with van der Waals surface area (Å²) < 4.78 is 0. The molecule has 0 unspecified atom stereocenters. The number of nitrogens with one attached hydrogen (secondary N) is 1. The van der Waals surface area contributed by atoms with Gasteiger partial charge in [-0.05, 0) is 43.5 Å². The molecular formula is C32H47N5O2S. The van der Waals surface area contributed by atoms with Gasteiger partial charge in [-0.3, -0.25) is 0 Å². The quantitative estimate of drug-likeness (QED) is 0.127. The lowest BCUT2D eigenvalue weighted by Crippen LogP contribution is -2.31. The van der Waals surface area contributed by atoms with Gasteiger partial charge < -0.3 is 24.8 Å². The van der Waals surface area contributed by atoms with E-state index in [9.17, 15) is 9.90 Å². The Labute approximate surface area is 245 Å². The monoisotopic (exact) mass is 565 g/mol. The molecule has 0 radical (unpaired) electrons. The zero-order valence-corrected chi connectivity index (χ0v) is 25.8. The first-order chi connectivity index (χ1) is 19.3. The van der Waals surface area contributed by atoms with Crippen LogP contribution >= 0.6 is 11.8 Å². The van der Waals surface area contributed by atoms with Crippen LogP contribution in [0.1, 0.15) is 58.3 Å². The molecule has 1 amide bonds. The number of H-pyrrole nitrogens is 1. The SMILES string of the molecule is CCCCCCCN(CCCCCSc1nc(-c2ccc(N(C)C)cc2)c(-c2ccc(N(C)C)cc2)[nH]1)C(=O)O. The van der Waals surface area contributed by atoms with Crippen molar-refractivity contribution in [3.05, 3.63) is 48.5 Å². The number of anilines is 2. The minimum atomic E-state index is -0.794. The number of aromatic nitrogens is 2. The summed E-state index contributed by atoms with van der Waals surface area (Å²) in [7, 11) is 8.19. The van der Waals surface area contributed by atoms with E-state index in [1.807, 2.05) is 28.2 Å². The van der Waals surface area contributed by atoms with Crippen LogP contribution in [0.2, 0.25) is 0 Å². The summed E-state index contributed by atoms with van der Waals surface area (Å²) in [5.41, 5.74) is 6.50. The first-order valence-corrected chi connectivity index (χ1v) is 15.5. The molecule has 1 aromatic heterocycles. The summed E-state index contributed by atoms with van der Waals surface area (Å²) in [6.45, 7) is 3.46. The molecule has 0 atom stereocenters. The van der Waals surface area contributed by atoms with Gasteiger partial charge in [-0.15, -0.1) is 0 Å². The highest BCUT2D eigenvalue weighted by Crippen LogP contribution is 2.34. The molecule has 40 heavy (non-hydrogen) atoms. The number of unbranched alkanes of at least 4 members (excludes halogenated alkanes) is 6. The molecule has 218 valence electrons. The van der Waals surface area contributed by atoms with Crippen molar-refractivity contribution in [3.8, 4) is 22.5 Å². The van der Waals surface area contributed by atoms with E-state index in [1.165, 1.54) is 19.3 Å². The van der Waals surface area contributed by atoms with Crippen molar-refractivity contribution in [2.75, 3.05) is 56.8 Å². The fraction of sp³-hybridized carbons (Fsp3) is 0.500. The number of carbonyl (C=O) groups is 1. The van der Waals surface area contributed by atoms with Gasteiger partial charge in [-0.25, -0.2) is 9.78 Å². The predicted molar refractivity (Wildman–Crippen MR) is 171 cm³/mol. The molecule has 0 saturated heterocycles. The molecule has 0 aliphatic heterocycles. The topological polar surface area (TPSA) is 75.7 Å². The minimum absolute atomic E-state index is 0.620. The van der Waals surface area contributed by atoms with Crippen LogP contribution in [0.5, 0.6) is 0 Å². The van der Waals surface area contributed by atoms with Crippen LogP contribution in [0.3, 0.4) is 0 Å². The Morgan fingerprint density at radius 1 is 0.775 bits per heavy atom. The van der Waals surface area contributed by atoms with Gasteiger partial charge in [0.15, 0.2) is 5.16 Å². The normalized spacial score (nSPS) is 11.0. The maximum atomic E-state index is 11.6. The molecule has 0 spiro atoms. The van der Waals surface area contributed by atoms with Gasteiger partial charge in [-0.2, -0.15) is 0 Å². The average Bonchev–Trinajstić information content (AvgIpc) is 3.37.